The Balaban J connectivity index is 1.42. The quantitative estimate of drug-likeness (QED) is 0.555. The fourth-order valence-electron chi connectivity index (χ4n) is 2.70. The molecule has 1 N–H and O–H groups in total. The third-order valence-electron chi connectivity index (χ3n) is 4.19. The molecule has 0 aliphatic heterocycles. The standard InChI is InChI=1S/C21H18N4OS/c1-15-3-7-17(8-4-15)19-14-27-21(23-19)24-20(26)18-9-5-16(6-10-18)13-25-12-2-11-22-25/h2-12,14H,13H2,1H3,(H,23,24,26). The second-order valence-corrected chi connectivity index (χ2v) is 7.12. The van der Waals surface area contributed by atoms with Gasteiger partial charge in [-0.25, -0.2) is 4.98 Å². The maximum Gasteiger partial charge on any atom is 0.257 e. The van der Waals surface area contributed by atoms with E-state index in [2.05, 4.69) is 34.5 Å². The number of amides is 1. The summed E-state index contributed by atoms with van der Waals surface area (Å²) in [5, 5.41) is 9.61. The number of carbonyl (C=O) groups excluding carboxylic acids is 1. The second-order valence-electron chi connectivity index (χ2n) is 6.26. The molecule has 0 saturated carbocycles. The molecule has 6 heteroatoms. The van der Waals surface area contributed by atoms with Crippen molar-refractivity contribution in [2.75, 3.05) is 5.32 Å². The van der Waals surface area contributed by atoms with Crippen molar-refractivity contribution in [3.05, 3.63) is 89.1 Å². The monoisotopic (exact) mass is 374 g/mol. The fourth-order valence-corrected chi connectivity index (χ4v) is 3.41. The molecule has 4 rings (SSSR count). The van der Waals surface area contributed by atoms with Crippen LogP contribution in [0.1, 0.15) is 21.5 Å². The molecule has 0 radical (unpaired) electrons. The predicted molar refractivity (Wildman–Crippen MR) is 108 cm³/mol. The molecule has 0 saturated heterocycles. The molecule has 0 spiro atoms. The molecule has 0 aliphatic carbocycles. The molecule has 0 atom stereocenters. The van der Waals surface area contributed by atoms with E-state index in [9.17, 15) is 4.79 Å². The highest BCUT2D eigenvalue weighted by atomic mass is 32.1. The zero-order chi connectivity index (χ0) is 18.6. The minimum atomic E-state index is -0.162. The highest BCUT2D eigenvalue weighted by Crippen LogP contribution is 2.25. The van der Waals surface area contributed by atoms with Crippen molar-refractivity contribution >= 4 is 22.4 Å². The summed E-state index contributed by atoms with van der Waals surface area (Å²) >= 11 is 1.42. The normalized spacial score (nSPS) is 10.7. The Hall–Kier alpha value is -3.25. The summed E-state index contributed by atoms with van der Waals surface area (Å²) in [7, 11) is 0. The maximum absolute atomic E-state index is 12.5. The van der Waals surface area contributed by atoms with Gasteiger partial charge in [0.15, 0.2) is 5.13 Å². The molecule has 0 bridgehead atoms. The first kappa shape index (κ1) is 17.2. The van der Waals surface area contributed by atoms with E-state index in [4.69, 9.17) is 0 Å². The zero-order valence-corrected chi connectivity index (χ0v) is 15.6. The van der Waals surface area contributed by atoms with Gasteiger partial charge < -0.3 is 0 Å². The Labute approximate surface area is 161 Å². The molecule has 134 valence electrons. The molecule has 0 aliphatic rings. The van der Waals surface area contributed by atoms with Crippen molar-refractivity contribution in [3.63, 3.8) is 0 Å². The van der Waals surface area contributed by atoms with Gasteiger partial charge in [0.2, 0.25) is 0 Å². The van der Waals surface area contributed by atoms with Crippen LogP contribution in [0.15, 0.2) is 72.4 Å². The van der Waals surface area contributed by atoms with Crippen LogP contribution in [0.4, 0.5) is 5.13 Å². The van der Waals surface area contributed by atoms with E-state index in [0.29, 0.717) is 17.2 Å². The summed E-state index contributed by atoms with van der Waals surface area (Å²) in [6.45, 7) is 2.73. The summed E-state index contributed by atoms with van der Waals surface area (Å²) in [5.41, 5.74) is 4.81. The Bertz CT molecular complexity index is 1030. The van der Waals surface area contributed by atoms with Gasteiger partial charge in [-0.05, 0) is 30.7 Å². The maximum atomic E-state index is 12.5. The number of nitrogens with zero attached hydrogens (tertiary/aromatic N) is 3. The number of rotatable bonds is 5. The number of thiazole rings is 1. The largest absolute Gasteiger partial charge is 0.298 e. The van der Waals surface area contributed by atoms with Gasteiger partial charge in [0.25, 0.3) is 5.91 Å². The highest BCUT2D eigenvalue weighted by Gasteiger charge is 2.10. The van der Waals surface area contributed by atoms with Crippen molar-refractivity contribution in [2.24, 2.45) is 0 Å². The average Bonchev–Trinajstić information content (AvgIpc) is 3.35. The number of benzene rings is 2. The molecule has 1 amide bonds. The minimum absolute atomic E-state index is 0.162. The average molecular weight is 374 g/mol. The summed E-state index contributed by atoms with van der Waals surface area (Å²) in [6.07, 6.45) is 3.66. The molecular weight excluding hydrogens is 356 g/mol. The van der Waals surface area contributed by atoms with E-state index in [-0.39, 0.29) is 5.91 Å². The van der Waals surface area contributed by atoms with Gasteiger partial charge in [0.1, 0.15) is 0 Å². The van der Waals surface area contributed by atoms with Crippen LogP contribution in [-0.2, 0) is 6.54 Å². The van der Waals surface area contributed by atoms with Crippen molar-refractivity contribution in [3.8, 4) is 11.3 Å². The molecule has 2 heterocycles. The lowest BCUT2D eigenvalue weighted by Gasteiger charge is -2.05. The minimum Gasteiger partial charge on any atom is -0.298 e. The van der Waals surface area contributed by atoms with Crippen LogP contribution in [0.3, 0.4) is 0 Å². The Kier molecular flexibility index (Phi) is 4.80. The predicted octanol–water partition coefficient (Wildman–Crippen LogP) is 4.62. The van der Waals surface area contributed by atoms with Crippen molar-refractivity contribution in [2.45, 2.75) is 13.5 Å². The van der Waals surface area contributed by atoms with Gasteiger partial charge >= 0.3 is 0 Å². The van der Waals surface area contributed by atoms with Gasteiger partial charge in [-0.3, -0.25) is 14.8 Å². The number of aromatic nitrogens is 3. The van der Waals surface area contributed by atoms with Crippen LogP contribution >= 0.6 is 11.3 Å². The number of carbonyl (C=O) groups is 1. The lowest BCUT2D eigenvalue weighted by atomic mass is 10.1. The third kappa shape index (κ3) is 4.12. The van der Waals surface area contributed by atoms with Crippen molar-refractivity contribution in [1.29, 1.82) is 0 Å². The molecule has 5 nitrogen and oxygen atoms in total. The van der Waals surface area contributed by atoms with Gasteiger partial charge in [-0.1, -0.05) is 42.0 Å². The van der Waals surface area contributed by atoms with Crippen molar-refractivity contribution < 1.29 is 4.79 Å². The lowest BCUT2D eigenvalue weighted by molar-refractivity contribution is 0.102. The van der Waals surface area contributed by atoms with E-state index < -0.39 is 0 Å². The van der Waals surface area contributed by atoms with Crippen LogP contribution in [0.2, 0.25) is 0 Å². The Morgan fingerprint density at radius 2 is 1.89 bits per heavy atom. The molecule has 0 fully saturated rings. The molecule has 0 unspecified atom stereocenters. The topological polar surface area (TPSA) is 59.8 Å². The van der Waals surface area contributed by atoms with Crippen LogP contribution < -0.4 is 5.32 Å². The van der Waals surface area contributed by atoms with E-state index in [1.165, 1.54) is 16.9 Å². The summed E-state index contributed by atoms with van der Waals surface area (Å²) in [4.78, 5) is 17.0. The van der Waals surface area contributed by atoms with E-state index >= 15 is 0 Å². The Morgan fingerprint density at radius 1 is 1.11 bits per heavy atom. The van der Waals surface area contributed by atoms with E-state index in [0.717, 1.165) is 16.8 Å². The first-order valence-corrected chi connectivity index (χ1v) is 9.46. The number of aryl methyl sites for hydroxylation is 1. The van der Waals surface area contributed by atoms with Crippen LogP contribution in [0.5, 0.6) is 0 Å². The SMILES string of the molecule is Cc1ccc(-c2csc(NC(=O)c3ccc(Cn4cccn4)cc3)n2)cc1. The van der Waals surface area contributed by atoms with Gasteiger partial charge in [-0.15, -0.1) is 11.3 Å². The molecule has 4 aromatic rings. The van der Waals surface area contributed by atoms with E-state index in [1.807, 2.05) is 58.7 Å². The summed E-state index contributed by atoms with van der Waals surface area (Å²) in [6, 6.07) is 17.6. The van der Waals surface area contributed by atoms with Crippen LogP contribution in [0.25, 0.3) is 11.3 Å². The number of hydrogen-bond donors (Lipinski definition) is 1. The zero-order valence-electron chi connectivity index (χ0n) is 14.8. The van der Waals surface area contributed by atoms with Crippen LogP contribution in [-0.4, -0.2) is 20.7 Å². The fraction of sp³-hybridized carbons (Fsp3) is 0.0952. The van der Waals surface area contributed by atoms with Gasteiger partial charge in [0.05, 0.1) is 12.2 Å². The van der Waals surface area contributed by atoms with Crippen LogP contribution in [0, 0.1) is 6.92 Å². The molecular formula is C21H18N4OS. The van der Waals surface area contributed by atoms with E-state index in [1.54, 1.807) is 6.20 Å². The second kappa shape index (κ2) is 7.55. The molecule has 2 aromatic carbocycles. The third-order valence-corrected chi connectivity index (χ3v) is 4.95. The molecule has 2 aromatic heterocycles. The first-order chi connectivity index (χ1) is 13.2. The number of anilines is 1. The van der Waals surface area contributed by atoms with Crippen molar-refractivity contribution in [1.82, 2.24) is 14.8 Å². The Morgan fingerprint density at radius 3 is 2.59 bits per heavy atom. The molecule has 27 heavy (non-hydrogen) atoms. The van der Waals surface area contributed by atoms with Gasteiger partial charge in [0, 0.05) is 28.9 Å². The summed E-state index contributed by atoms with van der Waals surface area (Å²) in [5.74, 6) is -0.162. The van der Waals surface area contributed by atoms with Gasteiger partial charge in [-0.2, -0.15) is 5.10 Å². The smallest absolute Gasteiger partial charge is 0.257 e. The number of nitrogens with one attached hydrogen (secondary N) is 1. The number of hydrogen-bond acceptors (Lipinski definition) is 4. The lowest BCUT2D eigenvalue weighted by Crippen LogP contribution is -2.11. The summed E-state index contributed by atoms with van der Waals surface area (Å²) < 4.78 is 1.84. The first-order valence-electron chi connectivity index (χ1n) is 8.58. The highest BCUT2D eigenvalue weighted by molar-refractivity contribution is 7.14.